The Labute approximate surface area is 188 Å². The maximum absolute atomic E-state index is 13.1. The molecule has 162 valence electrons. The van der Waals surface area contributed by atoms with Crippen LogP contribution in [0.25, 0.3) is 33.8 Å². The lowest BCUT2D eigenvalue weighted by atomic mass is 10.0. The number of nitrogens with zero attached hydrogens (tertiary/aromatic N) is 2. The monoisotopic (exact) mass is 443 g/mol. The summed E-state index contributed by atoms with van der Waals surface area (Å²) in [6.45, 7) is 4.23. The summed E-state index contributed by atoms with van der Waals surface area (Å²) in [5.74, 6) is 0. The van der Waals surface area contributed by atoms with E-state index in [-0.39, 0.29) is 0 Å². The summed E-state index contributed by atoms with van der Waals surface area (Å²) in [6.07, 6.45) is 1.76. The topological polar surface area (TPSA) is 61.3 Å². The van der Waals surface area contributed by atoms with Crippen LogP contribution >= 0.6 is 7.60 Å². The molecule has 0 aliphatic rings. The van der Waals surface area contributed by atoms with Gasteiger partial charge in [-0.3, -0.25) is 14.5 Å². The maximum atomic E-state index is 13.1. The normalized spacial score (nSPS) is 11.4. The molecule has 0 aliphatic heterocycles. The van der Waals surface area contributed by atoms with Crippen LogP contribution in [0.4, 0.5) is 0 Å². The summed E-state index contributed by atoms with van der Waals surface area (Å²) in [4.78, 5) is 9.29. The Morgan fingerprint density at radius 3 is 2.16 bits per heavy atom. The zero-order chi connectivity index (χ0) is 22.4. The molecule has 4 rings (SSSR count). The van der Waals surface area contributed by atoms with Gasteiger partial charge in [0, 0.05) is 6.20 Å². The average Bonchev–Trinajstić information content (AvgIpc) is 2.85. The Morgan fingerprint density at radius 2 is 1.53 bits per heavy atom. The number of benzene rings is 2. The second kappa shape index (κ2) is 10.0. The zero-order valence-electron chi connectivity index (χ0n) is 18.1. The minimum absolute atomic E-state index is 0.313. The summed E-state index contributed by atoms with van der Waals surface area (Å²) >= 11 is 0. The summed E-state index contributed by atoms with van der Waals surface area (Å²) in [7, 11) is -3.33. The minimum atomic E-state index is -3.33. The van der Waals surface area contributed by atoms with E-state index < -0.39 is 7.60 Å². The first-order valence-corrected chi connectivity index (χ1v) is 12.1. The molecule has 0 amide bonds. The van der Waals surface area contributed by atoms with Gasteiger partial charge in [0.25, 0.3) is 0 Å². The molecule has 2 aromatic heterocycles. The fraction of sp³-hybridized carbons (Fsp3) is 0.154. The van der Waals surface area contributed by atoms with Gasteiger partial charge in [-0.25, -0.2) is 0 Å². The molecule has 32 heavy (non-hydrogen) atoms. The van der Waals surface area contributed by atoms with Crippen molar-refractivity contribution in [3.63, 3.8) is 0 Å². The largest absolute Gasteiger partial charge is 0.361 e. The van der Waals surface area contributed by atoms with Crippen molar-refractivity contribution < 1.29 is 13.6 Å². The molecule has 4 aromatic rings. The van der Waals surface area contributed by atoms with Gasteiger partial charge in [-0.1, -0.05) is 24.3 Å². The van der Waals surface area contributed by atoms with Crippen molar-refractivity contribution >= 4 is 12.9 Å². The van der Waals surface area contributed by atoms with Crippen molar-refractivity contribution in [1.29, 1.82) is 0 Å². The summed E-state index contributed by atoms with van der Waals surface area (Å²) < 4.78 is 24.0. The predicted octanol–water partition coefficient (Wildman–Crippen LogP) is 6.17. The first-order valence-electron chi connectivity index (χ1n) is 10.5. The third kappa shape index (κ3) is 4.86. The molecule has 0 atom stereocenters. The molecule has 6 heteroatoms. The molecule has 0 radical (unpaired) electrons. The summed E-state index contributed by atoms with van der Waals surface area (Å²) in [6, 6.07) is 28.3. The van der Waals surface area contributed by atoms with Gasteiger partial charge >= 0.3 is 7.60 Å². The Kier molecular flexibility index (Phi) is 6.91. The van der Waals surface area contributed by atoms with Crippen LogP contribution in [0.5, 0.6) is 0 Å². The molecule has 0 saturated heterocycles. The van der Waals surface area contributed by atoms with Crippen molar-refractivity contribution in [1.82, 2.24) is 9.97 Å². The average molecular weight is 443 g/mol. The van der Waals surface area contributed by atoms with E-state index in [1.54, 1.807) is 32.2 Å². The van der Waals surface area contributed by atoms with Crippen molar-refractivity contribution in [3.05, 3.63) is 91.1 Å². The third-order valence-corrected chi connectivity index (χ3v) is 6.98. The summed E-state index contributed by atoms with van der Waals surface area (Å²) in [5, 5.41) is 0.542. The molecule has 0 spiro atoms. The molecule has 0 unspecified atom stereocenters. The van der Waals surface area contributed by atoms with Gasteiger partial charge in [-0.15, -0.1) is 35.9 Å². The quantitative estimate of drug-likeness (QED) is 0.241. The molecule has 2 aromatic carbocycles. The van der Waals surface area contributed by atoms with E-state index in [9.17, 15) is 4.57 Å². The highest BCUT2D eigenvalue weighted by molar-refractivity contribution is 7.62. The summed E-state index contributed by atoms with van der Waals surface area (Å²) in [5.41, 5.74) is 5.21. The highest BCUT2D eigenvalue weighted by Crippen LogP contribution is 2.47. The van der Waals surface area contributed by atoms with Crippen molar-refractivity contribution in [2.75, 3.05) is 13.2 Å². The lowest BCUT2D eigenvalue weighted by Crippen LogP contribution is -2.10. The van der Waals surface area contributed by atoms with Gasteiger partial charge in [0.1, 0.15) is 0 Å². The van der Waals surface area contributed by atoms with Gasteiger partial charge in [0.05, 0.1) is 29.9 Å². The van der Waals surface area contributed by atoms with Crippen LogP contribution in [0.15, 0.2) is 85.1 Å². The highest BCUT2D eigenvalue weighted by atomic mass is 31.2. The number of pyridine rings is 2. The number of hydrogen-bond acceptors (Lipinski definition) is 5. The van der Waals surface area contributed by atoms with Crippen LogP contribution < -0.4 is 5.30 Å². The van der Waals surface area contributed by atoms with E-state index >= 15 is 0 Å². The predicted molar refractivity (Wildman–Crippen MR) is 128 cm³/mol. The fourth-order valence-corrected chi connectivity index (χ4v) is 4.96. The van der Waals surface area contributed by atoms with Crippen molar-refractivity contribution in [3.8, 4) is 33.8 Å². The van der Waals surface area contributed by atoms with Gasteiger partial charge in [-0.05, 0) is 61.0 Å². The maximum Gasteiger partial charge on any atom is 0.361 e. The van der Waals surface area contributed by atoms with Crippen LogP contribution in [0, 0.1) is 6.07 Å². The van der Waals surface area contributed by atoms with Gasteiger partial charge < -0.3 is 9.05 Å². The Hall–Kier alpha value is -3.11. The zero-order valence-corrected chi connectivity index (χ0v) is 19.0. The minimum Gasteiger partial charge on any atom is -0.305 e. The van der Waals surface area contributed by atoms with Gasteiger partial charge in [-0.2, -0.15) is 0 Å². The SMILES string of the molecule is CCOP(=O)(OCC)c1ccc(-c2cc(-c3[c-]cccc3)nc(-c3ccccn3)c2)cc1. The molecule has 0 N–H and O–H groups in total. The first kappa shape index (κ1) is 22.1. The molecule has 2 heterocycles. The van der Waals surface area contributed by atoms with E-state index in [2.05, 4.69) is 11.1 Å². The molecule has 0 bridgehead atoms. The van der Waals surface area contributed by atoms with Gasteiger partial charge in [0.15, 0.2) is 0 Å². The van der Waals surface area contributed by atoms with Crippen LogP contribution in [0.2, 0.25) is 0 Å². The van der Waals surface area contributed by atoms with Crippen molar-refractivity contribution in [2.45, 2.75) is 13.8 Å². The number of aromatic nitrogens is 2. The van der Waals surface area contributed by atoms with Gasteiger partial charge in [0.2, 0.25) is 0 Å². The number of hydrogen-bond donors (Lipinski definition) is 0. The molecular formula is C26H24N2O3P-. The van der Waals surface area contributed by atoms with E-state index in [0.717, 1.165) is 33.8 Å². The molecule has 0 aliphatic carbocycles. The second-order valence-corrected chi connectivity index (χ2v) is 9.03. The first-order chi connectivity index (χ1) is 15.6. The van der Waals surface area contributed by atoms with E-state index in [1.807, 2.05) is 66.7 Å². The van der Waals surface area contributed by atoms with E-state index in [4.69, 9.17) is 14.0 Å². The molecular weight excluding hydrogens is 419 g/mol. The third-order valence-electron chi connectivity index (χ3n) is 4.85. The fourth-order valence-electron chi connectivity index (χ4n) is 3.40. The number of rotatable bonds is 8. The second-order valence-electron chi connectivity index (χ2n) is 7.00. The van der Waals surface area contributed by atoms with Crippen LogP contribution in [0.3, 0.4) is 0 Å². The lowest BCUT2D eigenvalue weighted by Gasteiger charge is -2.18. The smallest absolute Gasteiger partial charge is 0.305 e. The molecule has 0 saturated carbocycles. The van der Waals surface area contributed by atoms with E-state index in [0.29, 0.717) is 18.5 Å². The van der Waals surface area contributed by atoms with E-state index in [1.165, 1.54) is 0 Å². The Morgan fingerprint density at radius 1 is 0.812 bits per heavy atom. The molecule has 5 nitrogen and oxygen atoms in total. The van der Waals surface area contributed by atoms with Crippen LogP contribution in [-0.2, 0) is 13.6 Å². The van der Waals surface area contributed by atoms with Crippen molar-refractivity contribution in [2.24, 2.45) is 0 Å². The van der Waals surface area contributed by atoms with Crippen LogP contribution in [-0.4, -0.2) is 23.2 Å². The Bertz CT molecular complexity index is 1150. The Balaban J connectivity index is 1.78. The lowest BCUT2D eigenvalue weighted by molar-refractivity contribution is 0.230. The molecule has 0 fully saturated rings. The standard InChI is InChI=1S/C26H24N2O3P/c1-3-30-32(29,31-4-2)23-15-13-20(14-16-23)22-18-25(21-10-6-5-7-11-21)28-26(19-22)24-12-8-9-17-27-24/h5-10,12-19H,3-4H2,1-2H3/q-1. The highest BCUT2D eigenvalue weighted by Gasteiger charge is 2.26. The van der Waals surface area contributed by atoms with Crippen LogP contribution in [0.1, 0.15) is 13.8 Å².